The Morgan fingerprint density at radius 2 is 1.00 bits per heavy atom. The lowest BCUT2D eigenvalue weighted by molar-refractivity contribution is 0.456. The zero-order valence-corrected chi connectivity index (χ0v) is 11.9. The highest BCUT2D eigenvalue weighted by Gasteiger charge is 2.31. The van der Waals surface area contributed by atoms with Crippen LogP contribution in [0.4, 0.5) is 0 Å². The Labute approximate surface area is 114 Å². The quantitative estimate of drug-likeness (QED) is 0.234. The molecule has 11 nitrogen and oxygen atoms in total. The zero-order valence-electron chi connectivity index (χ0n) is 9.40. The van der Waals surface area contributed by atoms with Crippen molar-refractivity contribution >= 4 is 30.4 Å². The second kappa shape index (κ2) is 6.10. The van der Waals surface area contributed by atoms with Crippen LogP contribution in [-0.4, -0.2) is 38.9 Å². The number of hydrogen-bond acceptors (Lipinski definition) is 8. The van der Waals surface area contributed by atoms with Crippen LogP contribution >= 0.6 is 0 Å². The molecule has 0 fully saturated rings. The fourth-order valence-electron chi connectivity index (χ4n) is 1.16. The maximum Gasteiger partial charge on any atom is 0.297 e. The Morgan fingerprint density at radius 1 is 0.700 bits per heavy atom. The van der Waals surface area contributed by atoms with Gasteiger partial charge >= 0.3 is 0 Å². The first-order valence-corrected chi connectivity index (χ1v) is 8.56. The lowest BCUT2D eigenvalue weighted by Crippen LogP contribution is -2.14. The third-order valence-electron chi connectivity index (χ3n) is 1.76. The average molecular weight is 350 g/mol. The smallest absolute Gasteiger partial charge is 0.282 e. The summed E-state index contributed by atoms with van der Waals surface area (Å²) in [5, 5.41) is 0. The molecule has 20 heavy (non-hydrogen) atoms. The molecule has 0 saturated carbocycles. The van der Waals surface area contributed by atoms with Gasteiger partial charge in [-0.05, 0) is 12.1 Å². The predicted octanol–water partition coefficient (Wildman–Crippen LogP) is -1.75. The Hall–Kier alpha value is -1.13. The van der Waals surface area contributed by atoms with Crippen molar-refractivity contribution in [2.24, 2.45) is 11.7 Å². The Morgan fingerprint density at radius 3 is 1.20 bits per heavy atom. The van der Waals surface area contributed by atoms with Crippen LogP contribution in [0, 0.1) is 0 Å². The highest BCUT2D eigenvalue weighted by atomic mass is 32.2. The van der Waals surface area contributed by atoms with Crippen LogP contribution in [0.5, 0.6) is 0 Å². The lowest BCUT2D eigenvalue weighted by atomic mass is 10.4. The first-order chi connectivity index (χ1) is 8.85. The number of nitrogens with two attached hydrogens (primary N) is 2. The van der Waals surface area contributed by atoms with E-state index < -0.39 is 45.0 Å². The van der Waals surface area contributed by atoms with Gasteiger partial charge in [-0.15, -0.1) is 0 Å². The molecule has 0 unspecified atom stereocenters. The van der Waals surface area contributed by atoms with Crippen LogP contribution in [0.15, 0.2) is 32.9 Å². The number of hydrogen-bond donors (Lipinski definition) is 5. The lowest BCUT2D eigenvalue weighted by Gasteiger charge is -2.08. The van der Waals surface area contributed by atoms with Crippen molar-refractivity contribution in [2.45, 2.75) is 14.7 Å². The topological polar surface area (TPSA) is 215 Å². The molecule has 0 aliphatic carbocycles. The maximum atomic E-state index is 11.0. The van der Waals surface area contributed by atoms with E-state index in [1.807, 2.05) is 0 Å². The standard InChI is InChI=1S/C6H6O9S3.H4N2/c7-16(8,9)4-2-1-3-5(17(10,11)12)6(4)18(13,14)15;1-2/h1-3H,(H,7,8,9)(H,10,11,12)(H,13,14,15);1-2H2. The number of hydrazine groups is 1. The molecule has 0 spiro atoms. The largest absolute Gasteiger partial charge is 0.297 e. The summed E-state index contributed by atoms with van der Waals surface area (Å²) < 4.78 is 91.8. The molecule has 0 aromatic heterocycles. The molecule has 1 aromatic carbocycles. The van der Waals surface area contributed by atoms with Crippen molar-refractivity contribution < 1.29 is 38.9 Å². The molecule has 116 valence electrons. The molecule has 0 atom stereocenters. The summed E-state index contributed by atoms with van der Waals surface area (Å²) in [6.45, 7) is 0. The Balaban J connectivity index is 0.00000172. The van der Waals surface area contributed by atoms with Gasteiger partial charge in [-0.25, -0.2) is 0 Å². The van der Waals surface area contributed by atoms with Crippen LogP contribution in [0.3, 0.4) is 0 Å². The van der Waals surface area contributed by atoms with Gasteiger partial charge in [0.2, 0.25) is 0 Å². The zero-order chi connectivity index (χ0) is 16.4. The first kappa shape index (κ1) is 18.9. The molecule has 1 aromatic rings. The summed E-state index contributed by atoms with van der Waals surface area (Å²) in [4.78, 5) is -4.34. The van der Waals surface area contributed by atoms with Crippen LogP contribution < -0.4 is 11.7 Å². The molecule has 0 aliphatic rings. The van der Waals surface area contributed by atoms with Crippen molar-refractivity contribution in [3.05, 3.63) is 18.2 Å². The highest BCUT2D eigenvalue weighted by Crippen LogP contribution is 2.27. The molecule has 0 aliphatic heterocycles. The fraction of sp³-hybridized carbons (Fsp3) is 0. The second-order valence-corrected chi connectivity index (χ2v) is 7.15. The van der Waals surface area contributed by atoms with E-state index in [1.54, 1.807) is 0 Å². The first-order valence-electron chi connectivity index (χ1n) is 4.24. The van der Waals surface area contributed by atoms with E-state index in [0.717, 1.165) is 6.07 Å². The van der Waals surface area contributed by atoms with Crippen molar-refractivity contribution in [1.29, 1.82) is 0 Å². The van der Waals surface area contributed by atoms with E-state index in [1.165, 1.54) is 0 Å². The molecule has 0 saturated heterocycles. The van der Waals surface area contributed by atoms with Gasteiger partial charge in [-0.3, -0.25) is 25.3 Å². The summed E-state index contributed by atoms with van der Waals surface area (Å²) >= 11 is 0. The molecule has 7 N–H and O–H groups in total. The van der Waals surface area contributed by atoms with Gasteiger partial charge in [0.05, 0.1) is 0 Å². The predicted molar refractivity (Wildman–Crippen MR) is 64.3 cm³/mol. The minimum atomic E-state index is -5.31. The third-order valence-corrected chi connectivity index (χ3v) is 4.76. The van der Waals surface area contributed by atoms with Crippen molar-refractivity contribution in [1.82, 2.24) is 0 Å². The summed E-state index contributed by atoms with van der Waals surface area (Å²) in [7, 11) is -15.5. The van der Waals surface area contributed by atoms with E-state index in [0.29, 0.717) is 12.1 Å². The molecule has 0 bridgehead atoms. The third kappa shape index (κ3) is 4.46. The van der Waals surface area contributed by atoms with E-state index in [2.05, 4.69) is 11.7 Å². The molecular weight excluding hydrogens is 340 g/mol. The van der Waals surface area contributed by atoms with Crippen LogP contribution in [0.1, 0.15) is 0 Å². The van der Waals surface area contributed by atoms with E-state index in [9.17, 15) is 25.3 Å². The fourth-order valence-corrected chi connectivity index (χ4v) is 4.32. The van der Waals surface area contributed by atoms with E-state index in [-0.39, 0.29) is 0 Å². The number of rotatable bonds is 3. The van der Waals surface area contributed by atoms with Gasteiger partial charge in [0.15, 0.2) is 0 Å². The molecule has 0 radical (unpaired) electrons. The number of benzene rings is 1. The molecule has 1 rings (SSSR count). The van der Waals surface area contributed by atoms with Gasteiger partial charge in [0.1, 0.15) is 14.7 Å². The normalized spacial score (nSPS) is 12.4. The monoisotopic (exact) mass is 350 g/mol. The Kier molecular flexibility index (Phi) is 5.76. The average Bonchev–Trinajstić information content (AvgIpc) is 2.27. The minimum absolute atomic E-state index is 0.549. The molecule has 0 amide bonds. The maximum absolute atomic E-state index is 11.0. The van der Waals surface area contributed by atoms with Crippen LogP contribution in [-0.2, 0) is 30.4 Å². The summed E-state index contributed by atoms with van der Waals surface area (Å²) in [5.74, 6) is 8.00. The minimum Gasteiger partial charge on any atom is -0.282 e. The van der Waals surface area contributed by atoms with Crippen molar-refractivity contribution in [2.75, 3.05) is 0 Å². The van der Waals surface area contributed by atoms with Crippen LogP contribution in [0.2, 0.25) is 0 Å². The van der Waals surface area contributed by atoms with Gasteiger partial charge in [0.25, 0.3) is 30.4 Å². The van der Waals surface area contributed by atoms with Gasteiger partial charge < -0.3 is 0 Å². The van der Waals surface area contributed by atoms with Crippen molar-refractivity contribution in [3.8, 4) is 0 Å². The van der Waals surface area contributed by atoms with Gasteiger partial charge in [-0.1, -0.05) is 6.07 Å². The Bertz CT molecular complexity index is 744. The second-order valence-electron chi connectivity index (χ2n) is 3.01. The van der Waals surface area contributed by atoms with E-state index >= 15 is 0 Å². The van der Waals surface area contributed by atoms with E-state index in [4.69, 9.17) is 13.7 Å². The highest BCUT2D eigenvalue weighted by molar-refractivity contribution is 7.90. The van der Waals surface area contributed by atoms with Gasteiger partial charge in [0, 0.05) is 0 Å². The van der Waals surface area contributed by atoms with Crippen molar-refractivity contribution in [3.63, 3.8) is 0 Å². The SMILES string of the molecule is NN.O=S(=O)(O)c1cccc(S(=O)(=O)O)c1S(=O)(=O)O. The summed E-state index contributed by atoms with van der Waals surface area (Å²) in [6.07, 6.45) is 0. The summed E-state index contributed by atoms with van der Waals surface area (Å²) in [6, 6.07) is 1.86. The molecule has 0 heterocycles. The molecular formula is C6H10N2O9S3. The summed E-state index contributed by atoms with van der Waals surface area (Å²) in [5.41, 5.74) is 0. The molecule has 14 heteroatoms. The van der Waals surface area contributed by atoms with Gasteiger partial charge in [-0.2, -0.15) is 25.3 Å². The van der Waals surface area contributed by atoms with Crippen LogP contribution in [0.25, 0.3) is 0 Å².